The highest BCUT2D eigenvalue weighted by atomic mass is 16.6. The number of hydrogen-bond acceptors (Lipinski definition) is 5. The molecule has 98 valence electrons. The van der Waals surface area contributed by atoms with Gasteiger partial charge < -0.3 is 19.7 Å². The first-order valence-electron chi connectivity index (χ1n) is 6.30. The molecule has 18 heavy (non-hydrogen) atoms. The molecule has 0 saturated heterocycles. The van der Waals surface area contributed by atoms with Crippen molar-refractivity contribution in [1.82, 2.24) is 0 Å². The van der Waals surface area contributed by atoms with E-state index in [0.717, 1.165) is 6.42 Å². The van der Waals surface area contributed by atoms with Gasteiger partial charge in [-0.3, -0.25) is 0 Å². The zero-order valence-electron chi connectivity index (χ0n) is 10.3. The van der Waals surface area contributed by atoms with Gasteiger partial charge in [0.2, 0.25) is 6.29 Å². The Bertz CT molecular complexity index is 486. The van der Waals surface area contributed by atoms with Gasteiger partial charge in [-0.1, -0.05) is 6.92 Å². The number of carbonyl (C=O) groups is 1. The summed E-state index contributed by atoms with van der Waals surface area (Å²) in [5.41, 5.74) is 0.197. The molecule has 5 heteroatoms. The standard InChI is InChI=1S/C13H16O5/c1-12-6-3-13(6,12)9(14)7-5(10(15)17-2)4-18-11(16)8(7)12/h4,6-9,11,14,16H,3H2,1-2H3/t6?,7-,8-,9+,11+,12-,13?/m1/s1. The summed E-state index contributed by atoms with van der Waals surface area (Å²) in [6.45, 7) is 2.09. The molecule has 1 spiro atoms. The Balaban J connectivity index is 1.78. The zero-order chi connectivity index (χ0) is 12.9. The molecule has 3 aliphatic carbocycles. The van der Waals surface area contributed by atoms with Crippen LogP contribution in [-0.2, 0) is 14.3 Å². The third kappa shape index (κ3) is 0.807. The van der Waals surface area contributed by atoms with E-state index >= 15 is 0 Å². The SMILES string of the molecule is COC(=O)C1=CO[C@H](O)[C@H]2[C@@H]1[C@H](O)C13CC1[C@]23C. The van der Waals surface area contributed by atoms with Crippen LogP contribution in [0.3, 0.4) is 0 Å². The van der Waals surface area contributed by atoms with Gasteiger partial charge in [-0.15, -0.1) is 0 Å². The number of aliphatic hydroxyl groups excluding tert-OH is 2. The summed E-state index contributed by atoms with van der Waals surface area (Å²) in [5.74, 6) is -0.554. The Labute approximate surface area is 104 Å². The quantitative estimate of drug-likeness (QED) is 0.644. The van der Waals surface area contributed by atoms with Gasteiger partial charge in [-0.05, 0) is 17.8 Å². The molecule has 3 saturated carbocycles. The molecular weight excluding hydrogens is 236 g/mol. The van der Waals surface area contributed by atoms with Crippen LogP contribution in [0.5, 0.6) is 0 Å². The van der Waals surface area contributed by atoms with E-state index in [1.807, 2.05) is 0 Å². The molecule has 0 bridgehead atoms. The van der Waals surface area contributed by atoms with E-state index in [2.05, 4.69) is 6.92 Å². The lowest BCUT2D eigenvalue weighted by molar-refractivity contribution is -0.152. The maximum absolute atomic E-state index is 11.7. The number of carbonyl (C=O) groups excluding carboxylic acids is 1. The minimum absolute atomic E-state index is 0.0792. The summed E-state index contributed by atoms with van der Waals surface area (Å²) in [7, 11) is 1.31. The van der Waals surface area contributed by atoms with E-state index in [1.54, 1.807) is 0 Å². The number of ether oxygens (including phenoxy) is 2. The number of hydrogen-bond donors (Lipinski definition) is 2. The van der Waals surface area contributed by atoms with Crippen molar-refractivity contribution in [2.75, 3.05) is 7.11 Å². The van der Waals surface area contributed by atoms with Crippen molar-refractivity contribution in [3.8, 4) is 0 Å². The lowest BCUT2D eigenvalue weighted by Gasteiger charge is -2.36. The summed E-state index contributed by atoms with van der Waals surface area (Å²) in [4.78, 5) is 11.7. The van der Waals surface area contributed by atoms with E-state index in [0.29, 0.717) is 11.5 Å². The Morgan fingerprint density at radius 2 is 2.28 bits per heavy atom. The summed E-state index contributed by atoms with van der Waals surface area (Å²) in [6, 6.07) is 0. The van der Waals surface area contributed by atoms with Gasteiger partial charge in [-0.25, -0.2) is 4.79 Å². The highest BCUT2D eigenvalue weighted by molar-refractivity contribution is 5.89. The molecular formula is C13H16O5. The molecule has 1 aliphatic heterocycles. The molecule has 4 rings (SSSR count). The minimum Gasteiger partial charge on any atom is -0.472 e. The van der Waals surface area contributed by atoms with Crippen LogP contribution in [0, 0.1) is 28.6 Å². The molecule has 0 radical (unpaired) electrons. The Morgan fingerprint density at radius 3 is 2.89 bits per heavy atom. The molecule has 0 aromatic heterocycles. The topological polar surface area (TPSA) is 76.0 Å². The molecule has 0 aromatic carbocycles. The molecule has 1 heterocycles. The Kier molecular flexibility index (Phi) is 1.65. The number of aliphatic hydroxyl groups is 2. The van der Waals surface area contributed by atoms with E-state index in [-0.39, 0.29) is 22.7 Å². The number of methoxy groups -OCH3 is 1. The molecule has 5 nitrogen and oxygen atoms in total. The average Bonchev–Trinajstić information content (AvgIpc) is 3.21. The second kappa shape index (κ2) is 2.75. The van der Waals surface area contributed by atoms with Crippen molar-refractivity contribution < 1.29 is 24.5 Å². The van der Waals surface area contributed by atoms with E-state index in [9.17, 15) is 15.0 Å². The van der Waals surface area contributed by atoms with Crippen LogP contribution in [0.1, 0.15) is 13.3 Å². The summed E-state index contributed by atoms with van der Waals surface area (Å²) < 4.78 is 9.92. The summed E-state index contributed by atoms with van der Waals surface area (Å²) in [6.07, 6.45) is 0.749. The van der Waals surface area contributed by atoms with Crippen LogP contribution >= 0.6 is 0 Å². The smallest absolute Gasteiger partial charge is 0.337 e. The molecule has 2 N–H and O–H groups in total. The van der Waals surface area contributed by atoms with Gasteiger partial charge in [0.15, 0.2) is 0 Å². The third-order valence-electron chi connectivity index (χ3n) is 6.02. The second-order valence-corrected chi connectivity index (χ2v) is 6.17. The fraction of sp³-hybridized carbons (Fsp3) is 0.769. The fourth-order valence-corrected chi connectivity index (χ4v) is 4.95. The van der Waals surface area contributed by atoms with Gasteiger partial charge >= 0.3 is 5.97 Å². The highest BCUT2D eigenvalue weighted by Gasteiger charge is 2.96. The first kappa shape index (κ1) is 10.8. The second-order valence-electron chi connectivity index (χ2n) is 6.17. The normalized spacial score (nSPS) is 58.7. The fourth-order valence-electron chi connectivity index (χ4n) is 4.95. The largest absolute Gasteiger partial charge is 0.472 e. The van der Waals surface area contributed by atoms with Gasteiger partial charge in [0.25, 0.3) is 0 Å². The van der Waals surface area contributed by atoms with Gasteiger partial charge in [0.05, 0.1) is 25.0 Å². The molecule has 7 atom stereocenters. The average molecular weight is 252 g/mol. The predicted molar refractivity (Wildman–Crippen MR) is 58.8 cm³/mol. The number of fused-ring (bicyclic) bond motifs is 3. The lowest BCUT2D eigenvalue weighted by atomic mass is 9.75. The van der Waals surface area contributed by atoms with Crippen molar-refractivity contribution in [3.63, 3.8) is 0 Å². The third-order valence-corrected chi connectivity index (χ3v) is 6.02. The Hall–Kier alpha value is -1.07. The Morgan fingerprint density at radius 1 is 1.56 bits per heavy atom. The molecule has 3 fully saturated rings. The lowest BCUT2D eigenvalue weighted by Crippen LogP contribution is -2.42. The van der Waals surface area contributed by atoms with Crippen molar-refractivity contribution in [2.45, 2.75) is 25.7 Å². The van der Waals surface area contributed by atoms with Crippen LogP contribution in [0.4, 0.5) is 0 Å². The van der Waals surface area contributed by atoms with Crippen molar-refractivity contribution >= 4 is 5.97 Å². The first-order valence-corrected chi connectivity index (χ1v) is 6.30. The van der Waals surface area contributed by atoms with Crippen molar-refractivity contribution in [2.24, 2.45) is 28.6 Å². The molecule has 4 aliphatic rings. The van der Waals surface area contributed by atoms with E-state index in [1.165, 1.54) is 13.4 Å². The summed E-state index contributed by atoms with van der Waals surface area (Å²) >= 11 is 0. The van der Waals surface area contributed by atoms with Crippen LogP contribution in [0.2, 0.25) is 0 Å². The van der Waals surface area contributed by atoms with Gasteiger partial charge in [-0.2, -0.15) is 0 Å². The van der Waals surface area contributed by atoms with Gasteiger partial charge in [0.1, 0.15) is 0 Å². The van der Waals surface area contributed by atoms with E-state index < -0.39 is 18.4 Å². The zero-order valence-corrected chi connectivity index (χ0v) is 10.3. The number of rotatable bonds is 1. The maximum Gasteiger partial charge on any atom is 0.337 e. The number of esters is 1. The van der Waals surface area contributed by atoms with Crippen LogP contribution in [-0.4, -0.2) is 35.7 Å². The minimum atomic E-state index is -0.935. The first-order chi connectivity index (χ1) is 8.50. The van der Waals surface area contributed by atoms with Crippen molar-refractivity contribution in [1.29, 1.82) is 0 Å². The maximum atomic E-state index is 11.7. The highest BCUT2D eigenvalue weighted by Crippen LogP contribution is 2.96. The molecule has 2 unspecified atom stereocenters. The summed E-state index contributed by atoms with van der Waals surface area (Å²) in [5, 5.41) is 20.6. The van der Waals surface area contributed by atoms with E-state index in [4.69, 9.17) is 9.47 Å². The van der Waals surface area contributed by atoms with Crippen molar-refractivity contribution in [3.05, 3.63) is 11.8 Å². The van der Waals surface area contributed by atoms with Crippen LogP contribution in [0.25, 0.3) is 0 Å². The van der Waals surface area contributed by atoms with Crippen LogP contribution in [0.15, 0.2) is 11.8 Å². The molecule has 0 amide bonds. The predicted octanol–water partition coefficient (Wildman–Crippen LogP) is 0.0250. The van der Waals surface area contributed by atoms with Crippen LogP contribution < -0.4 is 0 Å². The monoisotopic (exact) mass is 252 g/mol. The molecule has 0 aromatic rings. The van der Waals surface area contributed by atoms with Gasteiger partial charge in [0, 0.05) is 17.3 Å².